The molecule has 0 unspecified atom stereocenters. The lowest BCUT2D eigenvalue weighted by Crippen LogP contribution is -2.51. The van der Waals surface area contributed by atoms with Gasteiger partial charge < -0.3 is 14.5 Å². The van der Waals surface area contributed by atoms with Gasteiger partial charge in [0.15, 0.2) is 0 Å². The monoisotopic (exact) mass is 346 g/mol. The molecule has 2 aliphatic heterocycles. The van der Waals surface area contributed by atoms with Crippen LogP contribution in [-0.4, -0.2) is 81.9 Å². The maximum absolute atomic E-state index is 12.8. The van der Waals surface area contributed by atoms with Gasteiger partial charge in [-0.25, -0.2) is 8.42 Å². The lowest BCUT2D eigenvalue weighted by Gasteiger charge is -2.39. The molecule has 23 heavy (non-hydrogen) atoms. The van der Waals surface area contributed by atoms with Gasteiger partial charge in [0.2, 0.25) is 11.8 Å². The van der Waals surface area contributed by atoms with Crippen molar-refractivity contribution in [1.29, 1.82) is 0 Å². The van der Waals surface area contributed by atoms with Crippen LogP contribution in [0.25, 0.3) is 0 Å². The average Bonchev–Trinajstić information content (AvgIpc) is 2.91. The molecule has 0 saturated carbocycles. The van der Waals surface area contributed by atoms with Crippen LogP contribution in [0.5, 0.6) is 0 Å². The molecule has 0 bridgehead atoms. The van der Waals surface area contributed by atoms with E-state index >= 15 is 0 Å². The zero-order chi connectivity index (χ0) is 17.1. The Hall–Kier alpha value is -1.15. The number of hydrogen-bond donors (Lipinski definition) is 0. The van der Waals surface area contributed by atoms with Crippen LogP contribution in [0.1, 0.15) is 25.7 Å². The van der Waals surface area contributed by atoms with Crippen LogP contribution < -0.4 is 0 Å². The van der Waals surface area contributed by atoms with Gasteiger partial charge in [-0.3, -0.25) is 9.59 Å². The van der Waals surface area contributed by atoms with Crippen LogP contribution >= 0.6 is 0 Å². The van der Waals surface area contributed by atoms with E-state index in [4.69, 9.17) is 4.74 Å². The van der Waals surface area contributed by atoms with E-state index in [9.17, 15) is 18.0 Å². The number of carbonyl (C=O) groups is 2. The summed E-state index contributed by atoms with van der Waals surface area (Å²) in [6.07, 6.45) is 3.52. The zero-order valence-electron chi connectivity index (χ0n) is 13.9. The average molecular weight is 346 g/mol. The number of ether oxygens (including phenoxy) is 1. The Kier molecular flexibility index (Phi) is 5.67. The van der Waals surface area contributed by atoms with Gasteiger partial charge in [0.1, 0.15) is 9.84 Å². The molecular weight excluding hydrogens is 320 g/mol. The Morgan fingerprint density at radius 3 is 2.70 bits per heavy atom. The zero-order valence-corrected chi connectivity index (χ0v) is 14.7. The third kappa shape index (κ3) is 4.44. The third-order valence-corrected chi connectivity index (χ3v) is 5.73. The second-order valence-electron chi connectivity index (χ2n) is 6.61. The summed E-state index contributed by atoms with van der Waals surface area (Å²) in [5, 5.41) is 0. The summed E-state index contributed by atoms with van der Waals surface area (Å²) >= 11 is 0. The molecule has 2 heterocycles. The SMILES string of the molecule is COCCN1CCC[C@]2(CCN(C(=O)CCS(C)(=O)=O)C2)C1=O. The van der Waals surface area contributed by atoms with E-state index in [0.29, 0.717) is 32.7 Å². The van der Waals surface area contributed by atoms with Crippen molar-refractivity contribution in [2.45, 2.75) is 25.7 Å². The van der Waals surface area contributed by atoms with Crippen molar-refractivity contribution in [3.05, 3.63) is 0 Å². The van der Waals surface area contributed by atoms with Crippen LogP contribution in [0.4, 0.5) is 0 Å². The van der Waals surface area contributed by atoms with Crippen molar-refractivity contribution in [2.75, 3.05) is 51.9 Å². The summed E-state index contributed by atoms with van der Waals surface area (Å²) in [5.74, 6) is -0.197. The summed E-state index contributed by atoms with van der Waals surface area (Å²) in [6, 6.07) is 0. The quantitative estimate of drug-likeness (QED) is 0.671. The summed E-state index contributed by atoms with van der Waals surface area (Å²) in [4.78, 5) is 28.5. The third-order valence-electron chi connectivity index (χ3n) is 4.78. The first-order chi connectivity index (χ1) is 10.8. The maximum atomic E-state index is 12.8. The Morgan fingerprint density at radius 2 is 2.04 bits per heavy atom. The molecule has 2 saturated heterocycles. The molecule has 7 nitrogen and oxygen atoms in total. The predicted octanol–water partition coefficient (Wildman–Crippen LogP) is -0.0914. The van der Waals surface area contributed by atoms with Crippen molar-refractivity contribution in [1.82, 2.24) is 9.80 Å². The minimum absolute atomic E-state index is 0.00348. The van der Waals surface area contributed by atoms with Crippen LogP contribution in [-0.2, 0) is 24.2 Å². The number of hydrogen-bond acceptors (Lipinski definition) is 5. The standard InChI is InChI=1S/C15H26N2O5S/c1-22-10-9-16-7-3-5-15(14(16)19)6-8-17(12-15)13(18)4-11-23(2,20)21/h3-12H2,1-2H3/t15-/m1/s1. The lowest BCUT2D eigenvalue weighted by atomic mass is 9.78. The first-order valence-electron chi connectivity index (χ1n) is 8.01. The number of nitrogens with zero attached hydrogens (tertiary/aromatic N) is 2. The number of likely N-dealkylation sites (tertiary alicyclic amines) is 2. The molecule has 1 atom stereocenters. The minimum Gasteiger partial charge on any atom is -0.383 e. The van der Waals surface area contributed by atoms with Crippen LogP contribution in [0, 0.1) is 5.41 Å². The fourth-order valence-electron chi connectivity index (χ4n) is 3.46. The van der Waals surface area contributed by atoms with Crippen LogP contribution in [0.15, 0.2) is 0 Å². The Morgan fingerprint density at radius 1 is 1.30 bits per heavy atom. The van der Waals surface area contributed by atoms with E-state index in [1.165, 1.54) is 0 Å². The highest BCUT2D eigenvalue weighted by Crippen LogP contribution is 2.40. The minimum atomic E-state index is -3.15. The number of piperidine rings is 1. The smallest absolute Gasteiger partial charge is 0.230 e. The van der Waals surface area contributed by atoms with Gasteiger partial charge in [-0.15, -0.1) is 0 Å². The van der Waals surface area contributed by atoms with E-state index in [-0.39, 0.29) is 24.0 Å². The van der Waals surface area contributed by atoms with E-state index < -0.39 is 15.3 Å². The van der Waals surface area contributed by atoms with E-state index in [1.807, 2.05) is 4.90 Å². The van der Waals surface area contributed by atoms with Crippen molar-refractivity contribution in [2.24, 2.45) is 5.41 Å². The number of sulfone groups is 1. The molecule has 0 aromatic carbocycles. The van der Waals surface area contributed by atoms with Gasteiger partial charge in [-0.1, -0.05) is 0 Å². The Bertz CT molecular complexity index is 562. The van der Waals surface area contributed by atoms with Gasteiger partial charge in [0.05, 0.1) is 17.8 Å². The topological polar surface area (TPSA) is 84.0 Å². The Labute approximate surface area is 137 Å². The molecule has 1 spiro atoms. The molecule has 0 N–H and O–H groups in total. The summed E-state index contributed by atoms with van der Waals surface area (Å²) in [6.45, 7) is 2.79. The first-order valence-corrected chi connectivity index (χ1v) is 10.1. The molecule has 2 rings (SSSR count). The van der Waals surface area contributed by atoms with E-state index in [2.05, 4.69) is 0 Å². The fraction of sp³-hybridized carbons (Fsp3) is 0.867. The second kappa shape index (κ2) is 7.17. The van der Waals surface area contributed by atoms with Crippen molar-refractivity contribution in [3.63, 3.8) is 0 Å². The molecule has 0 aromatic heterocycles. The maximum Gasteiger partial charge on any atom is 0.230 e. The largest absolute Gasteiger partial charge is 0.383 e. The molecule has 0 aromatic rings. The summed E-state index contributed by atoms with van der Waals surface area (Å²) in [5.41, 5.74) is -0.479. The Balaban J connectivity index is 1.96. The second-order valence-corrected chi connectivity index (χ2v) is 8.87. The van der Waals surface area contributed by atoms with Gasteiger partial charge >= 0.3 is 0 Å². The highest BCUT2D eigenvalue weighted by atomic mass is 32.2. The van der Waals surface area contributed by atoms with Crippen LogP contribution in [0.2, 0.25) is 0 Å². The summed E-state index contributed by atoms with van der Waals surface area (Å²) in [7, 11) is -1.54. The number of rotatable bonds is 6. The van der Waals surface area contributed by atoms with Gasteiger partial charge in [0.25, 0.3) is 0 Å². The molecule has 2 aliphatic rings. The number of methoxy groups -OCH3 is 1. The predicted molar refractivity (Wildman–Crippen MR) is 85.6 cm³/mol. The first kappa shape index (κ1) is 18.2. The van der Waals surface area contributed by atoms with Crippen molar-refractivity contribution < 1.29 is 22.7 Å². The van der Waals surface area contributed by atoms with Gasteiger partial charge in [0, 0.05) is 46.0 Å². The molecule has 0 radical (unpaired) electrons. The van der Waals surface area contributed by atoms with Crippen molar-refractivity contribution in [3.8, 4) is 0 Å². The van der Waals surface area contributed by atoms with E-state index in [1.54, 1.807) is 12.0 Å². The lowest BCUT2D eigenvalue weighted by molar-refractivity contribution is -0.146. The van der Waals surface area contributed by atoms with Crippen molar-refractivity contribution >= 4 is 21.7 Å². The molecule has 0 aliphatic carbocycles. The summed E-state index contributed by atoms with van der Waals surface area (Å²) < 4.78 is 27.4. The molecular formula is C15H26N2O5S. The normalized spacial score (nSPS) is 25.4. The van der Waals surface area contributed by atoms with Gasteiger partial charge in [-0.05, 0) is 19.3 Å². The number of amides is 2. The van der Waals surface area contributed by atoms with Gasteiger partial charge in [-0.2, -0.15) is 0 Å². The molecule has 2 amide bonds. The number of carbonyl (C=O) groups excluding carboxylic acids is 2. The molecule has 132 valence electrons. The highest BCUT2D eigenvalue weighted by molar-refractivity contribution is 7.90. The highest BCUT2D eigenvalue weighted by Gasteiger charge is 2.49. The molecule has 8 heteroatoms. The molecule has 2 fully saturated rings. The van der Waals surface area contributed by atoms with E-state index in [0.717, 1.165) is 25.6 Å². The fourth-order valence-corrected chi connectivity index (χ4v) is 4.01. The van der Waals surface area contributed by atoms with Crippen LogP contribution in [0.3, 0.4) is 0 Å².